The largest absolute Gasteiger partial charge is 0.332 e. The fraction of sp³-hybridized carbons (Fsp3) is 0.200. The molecule has 5 aromatic rings. The van der Waals surface area contributed by atoms with E-state index in [1.165, 1.54) is 34.0 Å². The van der Waals surface area contributed by atoms with Gasteiger partial charge in [0.2, 0.25) is 5.91 Å². The van der Waals surface area contributed by atoms with E-state index in [2.05, 4.69) is 111 Å². The minimum atomic E-state index is -0.304. The van der Waals surface area contributed by atoms with E-state index in [-0.39, 0.29) is 11.2 Å². The molecule has 1 amide bonds. The van der Waals surface area contributed by atoms with Gasteiger partial charge in [-0.3, -0.25) is 9.69 Å². The van der Waals surface area contributed by atoms with Crippen molar-refractivity contribution in [3.63, 3.8) is 0 Å². The number of fused-ring (bicyclic) bond motifs is 2. The highest BCUT2D eigenvalue weighted by molar-refractivity contribution is 8.00. The number of aromatic amines is 1. The summed E-state index contributed by atoms with van der Waals surface area (Å²) < 4.78 is 0. The maximum absolute atomic E-state index is 14.4. The second-order valence-corrected chi connectivity index (χ2v) is 11.6. The fourth-order valence-electron chi connectivity index (χ4n) is 5.36. The van der Waals surface area contributed by atoms with E-state index in [0.29, 0.717) is 6.42 Å². The number of thioether (sulfide) groups is 1. The molecule has 0 spiro atoms. The molecule has 200 valence electrons. The van der Waals surface area contributed by atoms with Crippen LogP contribution in [0.25, 0.3) is 22.5 Å². The predicted molar refractivity (Wildman–Crippen MR) is 166 cm³/mol. The lowest BCUT2D eigenvalue weighted by molar-refractivity contribution is -0.117. The molecule has 0 fully saturated rings. The van der Waals surface area contributed by atoms with Crippen LogP contribution >= 0.6 is 11.8 Å². The number of benzene rings is 4. The van der Waals surface area contributed by atoms with Gasteiger partial charge in [0.25, 0.3) is 0 Å². The summed E-state index contributed by atoms with van der Waals surface area (Å²) in [6.45, 7) is 6.26. The molecule has 0 saturated carbocycles. The first-order chi connectivity index (χ1) is 19.5. The van der Waals surface area contributed by atoms with Crippen molar-refractivity contribution in [3.05, 3.63) is 119 Å². The molecular weight excluding hydrogens is 510 g/mol. The van der Waals surface area contributed by atoms with E-state index in [0.717, 1.165) is 51.9 Å². The Morgan fingerprint density at radius 1 is 0.800 bits per heavy atom. The van der Waals surface area contributed by atoms with Gasteiger partial charge in [0.15, 0.2) is 5.16 Å². The minimum Gasteiger partial charge on any atom is -0.332 e. The van der Waals surface area contributed by atoms with Crippen molar-refractivity contribution < 1.29 is 4.79 Å². The number of imidazole rings is 1. The summed E-state index contributed by atoms with van der Waals surface area (Å²) in [5.74, 6) is 0.0828. The molecule has 0 bridgehead atoms. The molecule has 0 radical (unpaired) electrons. The van der Waals surface area contributed by atoms with Gasteiger partial charge in [-0.15, -0.1) is 0 Å². The number of carbonyl (C=O) groups excluding carboxylic acids is 1. The van der Waals surface area contributed by atoms with Crippen molar-refractivity contribution in [2.24, 2.45) is 0 Å². The third-order valence-electron chi connectivity index (χ3n) is 7.60. The number of H-pyrrole nitrogens is 1. The highest BCUT2D eigenvalue weighted by Crippen LogP contribution is 2.40. The topological polar surface area (TPSA) is 49.0 Å². The van der Waals surface area contributed by atoms with Gasteiger partial charge in [0.1, 0.15) is 0 Å². The second-order valence-electron chi connectivity index (χ2n) is 10.4. The fourth-order valence-corrected chi connectivity index (χ4v) is 6.31. The average molecular weight is 544 g/mol. The van der Waals surface area contributed by atoms with Gasteiger partial charge in [0, 0.05) is 11.1 Å². The van der Waals surface area contributed by atoms with Gasteiger partial charge < -0.3 is 4.98 Å². The monoisotopic (exact) mass is 543 g/mol. The quantitative estimate of drug-likeness (QED) is 0.218. The summed E-state index contributed by atoms with van der Waals surface area (Å²) in [6.07, 6.45) is 2.52. The summed E-state index contributed by atoms with van der Waals surface area (Å²) in [4.78, 5) is 25.0. The van der Waals surface area contributed by atoms with Crippen LogP contribution in [0.4, 0.5) is 11.4 Å². The van der Waals surface area contributed by atoms with Gasteiger partial charge in [-0.1, -0.05) is 115 Å². The number of hydrogen-bond donors (Lipinski definition) is 1. The van der Waals surface area contributed by atoms with Crippen LogP contribution in [-0.4, -0.2) is 21.1 Å². The second kappa shape index (κ2) is 11.2. The van der Waals surface area contributed by atoms with Crippen molar-refractivity contribution in [3.8, 4) is 22.5 Å². The molecule has 1 unspecified atom stereocenters. The number of hydrogen-bond acceptors (Lipinski definition) is 3. The Bertz CT molecular complexity index is 1540. The molecule has 1 aliphatic rings. The first-order valence-electron chi connectivity index (χ1n) is 13.9. The number of nitrogens with zero attached hydrogens (tertiary/aromatic N) is 2. The molecule has 6 rings (SSSR count). The summed E-state index contributed by atoms with van der Waals surface area (Å²) in [5.41, 5.74) is 10.8. The Balaban J connectivity index is 1.39. The number of rotatable bonds is 6. The van der Waals surface area contributed by atoms with E-state index in [1.807, 2.05) is 17.0 Å². The zero-order valence-electron chi connectivity index (χ0n) is 23.1. The Morgan fingerprint density at radius 2 is 1.32 bits per heavy atom. The van der Waals surface area contributed by atoms with Crippen molar-refractivity contribution in [1.29, 1.82) is 0 Å². The lowest BCUT2D eigenvalue weighted by atomic mass is 10.0. The van der Waals surface area contributed by atoms with Crippen LogP contribution in [0.3, 0.4) is 0 Å². The number of carbonyl (C=O) groups is 1. The molecule has 40 heavy (non-hydrogen) atoms. The van der Waals surface area contributed by atoms with Crippen LogP contribution in [0.2, 0.25) is 0 Å². The first-order valence-corrected chi connectivity index (χ1v) is 14.8. The summed E-state index contributed by atoms with van der Waals surface area (Å²) >= 11 is 1.52. The van der Waals surface area contributed by atoms with Crippen molar-refractivity contribution in [2.45, 2.75) is 50.4 Å². The Kier molecular flexibility index (Phi) is 7.31. The molecule has 2 heterocycles. The van der Waals surface area contributed by atoms with Crippen LogP contribution in [0, 0.1) is 13.8 Å². The van der Waals surface area contributed by atoms with Crippen molar-refractivity contribution >= 4 is 29.0 Å². The molecule has 1 aromatic heterocycles. The summed E-state index contributed by atoms with van der Waals surface area (Å²) in [5, 5.41) is 0.449. The van der Waals surface area contributed by atoms with Crippen LogP contribution < -0.4 is 4.90 Å². The van der Waals surface area contributed by atoms with E-state index < -0.39 is 0 Å². The third kappa shape index (κ3) is 5.09. The SMILES string of the molecule is CCC(Sc1nc(-c2ccc(C)cc2)c(-c2ccc(C)cc2)[nH]1)C(=O)N1c2ccccc2CCc2ccccc21. The smallest absolute Gasteiger partial charge is 0.245 e. The number of aryl methyl sites for hydroxylation is 4. The lowest BCUT2D eigenvalue weighted by Gasteiger charge is -2.28. The number of aromatic nitrogens is 2. The maximum atomic E-state index is 14.4. The maximum Gasteiger partial charge on any atom is 0.245 e. The van der Waals surface area contributed by atoms with Crippen molar-refractivity contribution in [2.75, 3.05) is 4.90 Å². The number of anilines is 2. The number of amides is 1. The Labute approximate surface area is 240 Å². The summed E-state index contributed by atoms with van der Waals surface area (Å²) in [6, 6.07) is 33.6. The zero-order valence-corrected chi connectivity index (χ0v) is 24.0. The molecule has 5 heteroatoms. The molecular formula is C35H33N3OS. The van der Waals surface area contributed by atoms with E-state index in [1.54, 1.807) is 0 Å². The van der Waals surface area contributed by atoms with Gasteiger partial charge in [-0.05, 0) is 56.4 Å². The van der Waals surface area contributed by atoms with Gasteiger partial charge in [-0.2, -0.15) is 0 Å². The highest BCUT2D eigenvalue weighted by atomic mass is 32.2. The van der Waals surface area contributed by atoms with Gasteiger partial charge in [0.05, 0.1) is 28.0 Å². The molecule has 1 N–H and O–H groups in total. The minimum absolute atomic E-state index is 0.0828. The summed E-state index contributed by atoms with van der Waals surface area (Å²) in [7, 11) is 0. The predicted octanol–water partition coefficient (Wildman–Crippen LogP) is 8.69. The molecule has 4 aromatic carbocycles. The molecule has 0 saturated heterocycles. The number of para-hydroxylation sites is 2. The standard InChI is InChI=1S/C35H33N3OS/c1-4-31(34(39)38-29-11-7-5-9-25(29)21-22-26-10-6-8-12-30(26)38)40-35-36-32(27-17-13-23(2)14-18-27)33(37-35)28-19-15-24(3)16-20-28/h5-20,31H,4,21-22H2,1-3H3,(H,36,37). The van der Waals surface area contributed by atoms with E-state index in [4.69, 9.17) is 4.98 Å². The molecule has 1 aliphatic heterocycles. The average Bonchev–Trinajstić information content (AvgIpc) is 3.32. The molecule has 4 nitrogen and oxygen atoms in total. The normalized spacial score (nSPS) is 13.3. The van der Waals surface area contributed by atoms with Crippen LogP contribution in [-0.2, 0) is 17.6 Å². The number of nitrogens with one attached hydrogen (secondary N) is 1. The van der Waals surface area contributed by atoms with Gasteiger partial charge >= 0.3 is 0 Å². The lowest BCUT2D eigenvalue weighted by Crippen LogP contribution is -2.34. The highest BCUT2D eigenvalue weighted by Gasteiger charge is 2.31. The van der Waals surface area contributed by atoms with Crippen LogP contribution in [0.15, 0.2) is 102 Å². The van der Waals surface area contributed by atoms with Crippen LogP contribution in [0.1, 0.15) is 35.6 Å². The van der Waals surface area contributed by atoms with E-state index >= 15 is 0 Å². The zero-order chi connectivity index (χ0) is 27.6. The first kappa shape index (κ1) is 26.1. The Morgan fingerprint density at radius 3 is 1.88 bits per heavy atom. The molecule has 1 atom stereocenters. The van der Waals surface area contributed by atoms with Crippen LogP contribution in [0.5, 0.6) is 0 Å². The Hall–Kier alpha value is -4.09. The van der Waals surface area contributed by atoms with Crippen molar-refractivity contribution in [1.82, 2.24) is 9.97 Å². The third-order valence-corrected chi connectivity index (χ3v) is 8.83. The molecule has 0 aliphatic carbocycles. The van der Waals surface area contributed by atoms with Gasteiger partial charge in [-0.25, -0.2) is 4.98 Å². The van der Waals surface area contributed by atoms with E-state index in [9.17, 15) is 4.79 Å².